The topological polar surface area (TPSA) is 76.1 Å². The highest BCUT2D eigenvalue weighted by Crippen LogP contribution is 2.41. The van der Waals surface area contributed by atoms with E-state index in [2.05, 4.69) is 0 Å². The summed E-state index contributed by atoms with van der Waals surface area (Å²) in [5, 5.41) is 11.6. The summed E-state index contributed by atoms with van der Waals surface area (Å²) in [5.41, 5.74) is 1.35. The molecule has 1 amide bonds. The Labute approximate surface area is 172 Å². The van der Waals surface area contributed by atoms with E-state index in [1.165, 1.54) is 0 Å². The molecule has 0 unspecified atom stereocenters. The molecule has 1 aliphatic heterocycles. The van der Waals surface area contributed by atoms with Crippen molar-refractivity contribution < 1.29 is 24.2 Å². The van der Waals surface area contributed by atoms with E-state index >= 15 is 0 Å². The fraction of sp³-hybridized carbons (Fsp3) is 0.300. The number of carbonyl (C=O) groups is 2. The van der Waals surface area contributed by atoms with E-state index in [1.807, 2.05) is 6.07 Å². The molecular weight excluding hydrogens is 405 g/mol. The summed E-state index contributed by atoms with van der Waals surface area (Å²) in [6, 6.07) is 13.0. The zero-order valence-electron chi connectivity index (χ0n) is 15.0. The maximum absolute atomic E-state index is 12.6. The fourth-order valence-corrected chi connectivity index (χ4v) is 3.53. The number of hydrogen-bond acceptors (Lipinski definition) is 5. The monoisotopic (exact) mass is 423 g/mol. The first-order valence-electron chi connectivity index (χ1n) is 8.70. The van der Waals surface area contributed by atoms with Crippen molar-refractivity contribution in [2.45, 2.75) is 25.3 Å². The standard InChI is InChI=1S/C20H19Cl2NO5/c1-2-27-20(26)19(25)23-16(24)11-28-18(13-4-3-5-15(22)10-13)17(23)12-6-8-14(21)9-7-12/h3-10,17-19,25H,2,11H2,1H3/t17-,18+,19+/m0/s1. The van der Waals surface area contributed by atoms with Gasteiger partial charge in [0.15, 0.2) is 0 Å². The molecule has 0 bridgehead atoms. The van der Waals surface area contributed by atoms with Crippen molar-refractivity contribution in [2.75, 3.05) is 13.2 Å². The number of amides is 1. The lowest BCUT2D eigenvalue weighted by Gasteiger charge is -2.42. The van der Waals surface area contributed by atoms with Gasteiger partial charge in [-0.1, -0.05) is 47.5 Å². The highest BCUT2D eigenvalue weighted by atomic mass is 35.5. The van der Waals surface area contributed by atoms with E-state index in [4.69, 9.17) is 32.7 Å². The molecule has 3 atom stereocenters. The van der Waals surface area contributed by atoms with Crippen molar-refractivity contribution in [1.29, 1.82) is 0 Å². The minimum absolute atomic E-state index is 0.0811. The lowest BCUT2D eigenvalue weighted by molar-refractivity contribution is -0.191. The normalized spacial score (nSPS) is 20.7. The number of nitrogens with zero attached hydrogens (tertiary/aromatic N) is 1. The molecule has 0 radical (unpaired) electrons. The second-order valence-electron chi connectivity index (χ2n) is 6.21. The van der Waals surface area contributed by atoms with Gasteiger partial charge in [-0.15, -0.1) is 0 Å². The number of aliphatic hydroxyl groups excluding tert-OH is 1. The first-order chi connectivity index (χ1) is 13.4. The summed E-state index contributed by atoms with van der Waals surface area (Å²) in [7, 11) is 0. The van der Waals surface area contributed by atoms with Gasteiger partial charge < -0.3 is 14.6 Å². The number of halogens is 2. The average molecular weight is 424 g/mol. The molecule has 1 heterocycles. The number of morpholine rings is 1. The first kappa shape index (κ1) is 20.6. The number of benzene rings is 2. The minimum Gasteiger partial charge on any atom is -0.463 e. The molecular formula is C20H19Cl2NO5. The van der Waals surface area contributed by atoms with E-state index in [9.17, 15) is 14.7 Å². The van der Waals surface area contributed by atoms with Crippen LogP contribution in [0, 0.1) is 0 Å². The highest BCUT2D eigenvalue weighted by Gasteiger charge is 2.44. The molecule has 0 saturated carbocycles. The third kappa shape index (κ3) is 4.31. The quantitative estimate of drug-likeness (QED) is 0.744. The van der Waals surface area contributed by atoms with Gasteiger partial charge in [0.1, 0.15) is 12.7 Å². The van der Waals surface area contributed by atoms with Gasteiger partial charge in [0.05, 0.1) is 12.6 Å². The van der Waals surface area contributed by atoms with Crippen LogP contribution in [-0.2, 0) is 19.1 Å². The van der Waals surface area contributed by atoms with Crippen LogP contribution < -0.4 is 0 Å². The van der Waals surface area contributed by atoms with Crippen LogP contribution in [0.15, 0.2) is 48.5 Å². The van der Waals surface area contributed by atoms with E-state index in [-0.39, 0.29) is 13.2 Å². The van der Waals surface area contributed by atoms with E-state index < -0.39 is 30.3 Å². The molecule has 1 fully saturated rings. The van der Waals surface area contributed by atoms with Gasteiger partial charge in [0.2, 0.25) is 6.23 Å². The minimum atomic E-state index is -1.77. The zero-order valence-corrected chi connectivity index (χ0v) is 16.6. The molecule has 8 heteroatoms. The van der Waals surface area contributed by atoms with Crippen molar-refractivity contribution in [1.82, 2.24) is 4.90 Å². The van der Waals surface area contributed by atoms with Gasteiger partial charge in [-0.3, -0.25) is 9.69 Å². The van der Waals surface area contributed by atoms with Gasteiger partial charge in [-0.25, -0.2) is 4.79 Å². The van der Waals surface area contributed by atoms with Crippen LogP contribution in [0.5, 0.6) is 0 Å². The second kappa shape index (κ2) is 8.92. The summed E-state index contributed by atoms with van der Waals surface area (Å²) in [4.78, 5) is 25.9. The summed E-state index contributed by atoms with van der Waals surface area (Å²) in [6.45, 7) is 1.41. The predicted molar refractivity (Wildman–Crippen MR) is 104 cm³/mol. The van der Waals surface area contributed by atoms with Crippen molar-refractivity contribution in [2.24, 2.45) is 0 Å². The Kier molecular flexibility index (Phi) is 6.57. The predicted octanol–water partition coefficient (Wildman–Crippen LogP) is 3.52. The van der Waals surface area contributed by atoms with Gasteiger partial charge in [0.25, 0.3) is 5.91 Å². The van der Waals surface area contributed by atoms with E-state index in [0.29, 0.717) is 21.2 Å². The molecule has 28 heavy (non-hydrogen) atoms. The third-order valence-corrected chi connectivity index (χ3v) is 4.90. The molecule has 148 valence electrons. The first-order valence-corrected chi connectivity index (χ1v) is 9.46. The summed E-state index contributed by atoms with van der Waals surface area (Å²) in [5.74, 6) is -1.43. The average Bonchev–Trinajstić information content (AvgIpc) is 2.68. The smallest absolute Gasteiger partial charge is 0.356 e. The number of carbonyl (C=O) groups excluding carboxylic acids is 2. The van der Waals surface area contributed by atoms with Crippen LogP contribution in [0.3, 0.4) is 0 Å². The summed E-state index contributed by atoms with van der Waals surface area (Å²) >= 11 is 12.1. The number of ether oxygens (including phenoxy) is 2. The van der Waals surface area contributed by atoms with Gasteiger partial charge in [0, 0.05) is 10.0 Å². The van der Waals surface area contributed by atoms with Gasteiger partial charge in [-0.05, 0) is 42.3 Å². The molecule has 0 spiro atoms. The molecule has 0 aliphatic carbocycles. The Morgan fingerprint density at radius 1 is 1.21 bits per heavy atom. The lowest BCUT2D eigenvalue weighted by Crippen LogP contribution is -2.53. The molecule has 1 N–H and O–H groups in total. The SMILES string of the molecule is CCOC(=O)[C@@H](O)N1C(=O)CO[C@H](c2cccc(Cl)c2)[C@@H]1c1ccc(Cl)cc1. The summed E-state index contributed by atoms with van der Waals surface area (Å²) < 4.78 is 10.7. The molecule has 3 rings (SSSR count). The van der Waals surface area contributed by atoms with Gasteiger partial charge >= 0.3 is 5.97 Å². The lowest BCUT2D eigenvalue weighted by atomic mass is 9.92. The number of hydrogen-bond donors (Lipinski definition) is 1. The van der Waals surface area contributed by atoms with E-state index in [1.54, 1.807) is 49.4 Å². The van der Waals surface area contributed by atoms with Crippen molar-refractivity contribution in [3.63, 3.8) is 0 Å². The largest absolute Gasteiger partial charge is 0.463 e. The molecule has 2 aromatic carbocycles. The summed E-state index contributed by atoms with van der Waals surface area (Å²) in [6.07, 6.45) is -2.42. The maximum Gasteiger partial charge on any atom is 0.356 e. The number of esters is 1. The van der Waals surface area contributed by atoms with Crippen LogP contribution in [0.2, 0.25) is 10.0 Å². The third-order valence-electron chi connectivity index (χ3n) is 4.41. The Balaban J connectivity index is 2.08. The second-order valence-corrected chi connectivity index (χ2v) is 7.08. The zero-order chi connectivity index (χ0) is 20.3. The van der Waals surface area contributed by atoms with Crippen molar-refractivity contribution in [3.8, 4) is 0 Å². The molecule has 1 saturated heterocycles. The number of rotatable bonds is 5. The molecule has 1 aliphatic rings. The molecule has 6 nitrogen and oxygen atoms in total. The van der Waals surface area contributed by atoms with Gasteiger partial charge in [-0.2, -0.15) is 0 Å². The Morgan fingerprint density at radius 2 is 1.93 bits per heavy atom. The Bertz CT molecular complexity index is 858. The fourth-order valence-electron chi connectivity index (χ4n) is 3.20. The van der Waals surface area contributed by atoms with Crippen LogP contribution in [0.1, 0.15) is 30.2 Å². The van der Waals surface area contributed by atoms with Crippen molar-refractivity contribution >= 4 is 35.1 Å². The van der Waals surface area contributed by atoms with E-state index in [0.717, 1.165) is 4.90 Å². The Hall–Kier alpha value is -2.12. The highest BCUT2D eigenvalue weighted by molar-refractivity contribution is 6.30. The van der Waals surface area contributed by atoms with Crippen LogP contribution in [-0.4, -0.2) is 41.3 Å². The van der Waals surface area contributed by atoms with Crippen LogP contribution in [0.4, 0.5) is 0 Å². The molecule has 2 aromatic rings. The van der Waals surface area contributed by atoms with Crippen LogP contribution in [0.25, 0.3) is 0 Å². The van der Waals surface area contributed by atoms with Crippen molar-refractivity contribution in [3.05, 3.63) is 69.7 Å². The maximum atomic E-state index is 12.6. The molecule has 0 aromatic heterocycles. The Morgan fingerprint density at radius 3 is 2.57 bits per heavy atom. The van der Waals surface area contributed by atoms with Crippen LogP contribution >= 0.6 is 23.2 Å². The number of aliphatic hydroxyl groups is 1.